The van der Waals surface area contributed by atoms with E-state index in [1.165, 1.54) is 0 Å². The lowest BCUT2D eigenvalue weighted by atomic mass is 9.77. The molecule has 0 atom stereocenters. The molecule has 0 radical (unpaired) electrons. The Kier molecular flexibility index (Phi) is 5.94. The fourth-order valence-corrected chi connectivity index (χ4v) is 4.20. The number of esters is 1. The Bertz CT molecular complexity index is 1030. The SMILES string of the molecule is CCOC(=O)c1nc(I)nn1C(c1ccccc1)(c1ccccc1)c1ccccc1. The molecule has 0 aliphatic rings. The summed E-state index contributed by atoms with van der Waals surface area (Å²) in [5.74, 6) is -0.335. The van der Waals surface area contributed by atoms with E-state index in [2.05, 4.69) is 4.98 Å². The van der Waals surface area contributed by atoms with E-state index < -0.39 is 11.5 Å². The summed E-state index contributed by atoms with van der Waals surface area (Å²) in [5.41, 5.74) is 2.00. The molecule has 3 aromatic carbocycles. The first-order valence-electron chi connectivity index (χ1n) is 9.64. The number of aromatic nitrogens is 3. The van der Waals surface area contributed by atoms with Gasteiger partial charge in [0.05, 0.1) is 6.61 Å². The number of rotatable bonds is 6. The highest BCUT2D eigenvalue weighted by atomic mass is 127. The molecule has 0 spiro atoms. The Morgan fingerprint density at radius 3 is 1.70 bits per heavy atom. The van der Waals surface area contributed by atoms with Crippen LogP contribution in [0, 0.1) is 3.83 Å². The average Bonchev–Trinajstić information content (AvgIpc) is 3.19. The van der Waals surface area contributed by atoms with Crippen LogP contribution in [0.3, 0.4) is 0 Å². The molecule has 4 rings (SSSR count). The molecule has 0 unspecified atom stereocenters. The summed E-state index contributed by atoms with van der Waals surface area (Å²) < 4.78 is 7.50. The highest BCUT2D eigenvalue weighted by molar-refractivity contribution is 14.1. The van der Waals surface area contributed by atoms with Crippen LogP contribution in [0.4, 0.5) is 0 Å². The van der Waals surface area contributed by atoms with Gasteiger partial charge in [0.1, 0.15) is 5.54 Å². The minimum absolute atomic E-state index is 0.165. The number of hydrogen-bond acceptors (Lipinski definition) is 4. The van der Waals surface area contributed by atoms with Gasteiger partial charge in [0.25, 0.3) is 0 Å². The standard InChI is InChI=1S/C24H20IN3O2/c1-2-30-22(29)21-26-23(25)27-28(21)24(18-12-6-3-7-13-18,19-14-8-4-9-15-19)20-16-10-5-11-17-20/h3-17H,2H2,1H3. The number of halogens is 1. The molecule has 5 nitrogen and oxygen atoms in total. The average molecular weight is 509 g/mol. The first-order chi connectivity index (χ1) is 14.7. The largest absolute Gasteiger partial charge is 0.460 e. The van der Waals surface area contributed by atoms with Crippen LogP contribution in [0.15, 0.2) is 91.0 Å². The number of benzene rings is 3. The fourth-order valence-electron chi connectivity index (χ4n) is 3.75. The molecule has 4 aromatic rings. The third kappa shape index (κ3) is 3.52. The first-order valence-corrected chi connectivity index (χ1v) is 10.7. The van der Waals surface area contributed by atoms with Crippen molar-refractivity contribution in [2.24, 2.45) is 0 Å². The predicted octanol–water partition coefficient (Wildman–Crippen LogP) is 4.90. The summed E-state index contributed by atoms with van der Waals surface area (Å²) in [6.07, 6.45) is 0. The van der Waals surface area contributed by atoms with E-state index >= 15 is 0 Å². The lowest BCUT2D eigenvalue weighted by molar-refractivity contribution is 0.0500. The van der Waals surface area contributed by atoms with Gasteiger partial charge in [-0.05, 0) is 23.6 Å². The van der Waals surface area contributed by atoms with Crippen molar-refractivity contribution in [3.63, 3.8) is 0 Å². The zero-order chi connectivity index (χ0) is 21.0. The second kappa shape index (κ2) is 8.79. The number of hydrogen-bond donors (Lipinski definition) is 0. The normalized spacial score (nSPS) is 11.3. The number of carbonyl (C=O) groups excluding carboxylic acids is 1. The maximum Gasteiger partial charge on any atom is 0.376 e. The zero-order valence-electron chi connectivity index (χ0n) is 16.4. The minimum atomic E-state index is -0.900. The van der Waals surface area contributed by atoms with Gasteiger partial charge < -0.3 is 4.74 Å². The quantitative estimate of drug-likeness (QED) is 0.211. The van der Waals surface area contributed by atoms with Gasteiger partial charge in [-0.1, -0.05) is 91.0 Å². The van der Waals surface area contributed by atoms with Gasteiger partial charge >= 0.3 is 5.97 Å². The van der Waals surface area contributed by atoms with Crippen LogP contribution < -0.4 is 0 Å². The summed E-state index contributed by atoms with van der Waals surface area (Å²) >= 11 is 2.04. The molecule has 0 bridgehead atoms. The van der Waals surface area contributed by atoms with E-state index in [9.17, 15) is 4.79 Å². The Hall–Kier alpha value is -3.00. The summed E-state index contributed by atoms with van der Waals surface area (Å²) in [6.45, 7) is 2.04. The summed E-state index contributed by atoms with van der Waals surface area (Å²) in [7, 11) is 0. The molecular formula is C24H20IN3O2. The zero-order valence-corrected chi connectivity index (χ0v) is 18.6. The van der Waals surface area contributed by atoms with Crippen molar-refractivity contribution in [3.8, 4) is 0 Å². The molecule has 0 fully saturated rings. The van der Waals surface area contributed by atoms with Crippen molar-refractivity contribution >= 4 is 28.6 Å². The summed E-state index contributed by atoms with van der Waals surface area (Å²) in [5, 5.41) is 4.71. The van der Waals surface area contributed by atoms with Crippen LogP contribution in [-0.4, -0.2) is 27.3 Å². The maximum atomic E-state index is 12.9. The molecule has 0 aliphatic heterocycles. The molecule has 1 heterocycles. The third-order valence-electron chi connectivity index (χ3n) is 4.93. The highest BCUT2D eigenvalue weighted by Gasteiger charge is 2.42. The van der Waals surface area contributed by atoms with E-state index in [0.29, 0.717) is 3.83 Å². The van der Waals surface area contributed by atoms with Crippen LogP contribution in [0.5, 0.6) is 0 Å². The number of ether oxygens (including phenoxy) is 1. The van der Waals surface area contributed by atoms with Gasteiger partial charge in [-0.2, -0.15) is 4.98 Å². The van der Waals surface area contributed by atoms with E-state index in [1.54, 1.807) is 11.6 Å². The van der Waals surface area contributed by atoms with Crippen LogP contribution in [0.25, 0.3) is 0 Å². The lowest BCUT2D eigenvalue weighted by Crippen LogP contribution is -2.40. The fraction of sp³-hybridized carbons (Fsp3) is 0.125. The molecule has 30 heavy (non-hydrogen) atoms. The molecule has 0 amide bonds. The molecule has 1 aromatic heterocycles. The predicted molar refractivity (Wildman–Crippen MR) is 123 cm³/mol. The topological polar surface area (TPSA) is 57.0 Å². The van der Waals surface area contributed by atoms with Crippen molar-refractivity contribution in [2.45, 2.75) is 12.5 Å². The van der Waals surface area contributed by atoms with Gasteiger partial charge in [0.2, 0.25) is 9.66 Å². The lowest BCUT2D eigenvalue weighted by Gasteiger charge is -2.36. The van der Waals surface area contributed by atoms with Gasteiger partial charge in [0.15, 0.2) is 0 Å². The van der Waals surface area contributed by atoms with Gasteiger partial charge in [0, 0.05) is 22.6 Å². The van der Waals surface area contributed by atoms with E-state index in [0.717, 1.165) is 16.7 Å². The molecule has 0 N–H and O–H groups in total. The van der Waals surface area contributed by atoms with Crippen molar-refractivity contribution < 1.29 is 9.53 Å². The van der Waals surface area contributed by atoms with Crippen LogP contribution in [0.1, 0.15) is 34.2 Å². The second-order valence-electron chi connectivity index (χ2n) is 6.65. The monoisotopic (exact) mass is 509 g/mol. The van der Waals surface area contributed by atoms with Crippen molar-refractivity contribution in [1.82, 2.24) is 14.8 Å². The van der Waals surface area contributed by atoms with Gasteiger partial charge in [-0.25, -0.2) is 9.48 Å². The van der Waals surface area contributed by atoms with Gasteiger partial charge in [-0.3, -0.25) is 0 Å². The van der Waals surface area contributed by atoms with Crippen molar-refractivity contribution in [2.75, 3.05) is 6.61 Å². The molecule has 6 heteroatoms. The van der Waals surface area contributed by atoms with Crippen LogP contribution >= 0.6 is 22.6 Å². The number of carbonyl (C=O) groups is 1. The molecule has 0 aliphatic carbocycles. The Morgan fingerprint density at radius 2 is 1.30 bits per heavy atom. The third-order valence-corrected chi connectivity index (χ3v) is 5.39. The highest BCUT2D eigenvalue weighted by Crippen LogP contribution is 2.41. The number of nitrogens with zero attached hydrogens (tertiary/aromatic N) is 3. The molecular weight excluding hydrogens is 489 g/mol. The smallest absolute Gasteiger partial charge is 0.376 e. The van der Waals surface area contributed by atoms with Crippen molar-refractivity contribution in [1.29, 1.82) is 0 Å². The second-order valence-corrected chi connectivity index (χ2v) is 7.61. The Balaban J connectivity index is 2.14. The minimum Gasteiger partial charge on any atom is -0.460 e. The summed E-state index contributed by atoms with van der Waals surface area (Å²) in [6, 6.07) is 30.1. The molecule has 150 valence electrons. The molecule has 0 saturated carbocycles. The molecule has 0 saturated heterocycles. The van der Waals surface area contributed by atoms with Crippen molar-refractivity contribution in [3.05, 3.63) is 117 Å². The maximum absolute atomic E-state index is 12.9. The van der Waals surface area contributed by atoms with Crippen LogP contribution in [-0.2, 0) is 10.3 Å². The van der Waals surface area contributed by atoms with E-state index in [1.807, 2.05) is 114 Å². The Morgan fingerprint density at radius 1 is 0.867 bits per heavy atom. The summed E-state index contributed by atoms with van der Waals surface area (Å²) in [4.78, 5) is 17.3. The van der Waals surface area contributed by atoms with E-state index in [4.69, 9.17) is 9.84 Å². The van der Waals surface area contributed by atoms with Gasteiger partial charge in [-0.15, -0.1) is 5.10 Å². The van der Waals surface area contributed by atoms with Crippen LogP contribution in [0.2, 0.25) is 0 Å². The Labute approximate surface area is 188 Å². The van der Waals surface area contributed by atoms with E-state index in [-0.39, 0.29) is 12.4 Å². The first kappa shape index (κ1) is 20.3.